The molecule has 6 N–H and O–H groups in total. The number of fused-ring (bicyclic) bond motifs is 1. The molecule has 12 nitrogen and oxygen atoms in total. The number of hydrogen-bond donors (Lipinski definition) is 5. The maximum Gasteiger partial charge on any atom is 0.287 e. The van der Waals surface area contributed by atoms with Gasteiger partial charge in [-0.25, -0.2) is 0 Å². The van der Waals surface area contributed by atoms with Gasteiger partial charge in [0, 0.05) is 47.4 Å². The number of primary amides is 1. The molecule has 2 aromatic rings. The molecule has 3 aliphatic rings. The molecule has 46 heavy (non-hydrogen) atoms. The smallest absolute Gasteiger partial charge is 0.287 e. The number of nitrogens with two attached hydrogens (primary N) is 1. The van der Waals surface area contributed by atoms with Crippen LogP contribution >= 0.6 is 23.5 Å². The van der Waals surface area contributed by atoms with Gasteiger partial charge in [-0.2, -0.15) is 0 Å². The minimum absolute atomic E-state index is 0.0198. The lowest BCUT2D eigenvalue weighted by Crippen LogP contribution is -2.51. The summed E-state index contributed by atoms with van der Waals surface area (Å²) in [5.74, 6) is -3.75. The number of nitrogens with zero attached hydrogens (tertiary/aromatic N) is 1. The van der Waals surface area contributed by atoms with Gasteiger partial charge in [-0.15, -0.1) is 0 Å². The quantitative estimate of drug-likeness (QED) is 0.179. The fourth-order valence-corrected chi connectivity index (χ4v) is 8.12. The van der Waals surface area contributed by atoms with Crippen LogP contribution in [-0.2, 0) is 24.0 Å². The number of ketones is 1. The van der Waals surface area contributed by atoms with Gasteiger partial charge in [0.15, 0.2) is 0 Å². The fraction of sp³-hybridized carbons (Fsp3) is 0.562. The molecular weight excluding hydrogens is 632 g/mol. The highest BCUT2D eigenvalue weighted by atomic mass is 35.5. The van der Waals surface area contributed by atoms with Crippen LogP contribution in [0.25, 0.3) is 10.9 Å². The summed E-state index contributed by atoms with van der Waals surface area (Å²) in [6, 6.07) is 5.62. The van der Waals surface area contributed by atoms with E-state index in [0.29, 0.717) is 49.5 Å². The molecule has 2 unspecified atom stereocenters. The number of aromatic amines is 1. The summed E-state index contributed by atoms with van der Waals surface area (Å²) in [6.45, 7) is 2.54. The second-order valence-electron chi connectivity index (χ2n) is 12.9. The number of nitrogens with one attached hydrogen (secondary N) is 4. The Hall–Kier alpha value is -3.58. The Bertz CT molecular complexity index is 1520. The SMILES string of the molecule is CC(=O)N1CCC2(CC1)CC(CC(NC(=O)[C@H](CC1CCCCC1)SNC(=O)c1cc3cc(Cl)ccc3[nH]1)C(=O)C(N)=O)C(=O)N2. The van der Waals surface area contributed by atoms with Crippen molar-refractivity contribution in [2.45, 2.75) is 88.0 Å². The number of halogens is 1. The van der Waals surface area contributed by atoms with E-state index in [9.17, 15) is 28.8 Å². The Morgan fingerprint density at radius 2 is 1.80 bits per heavy atom. The second-order valence-corrected chi connectivity index (χ2v) is 14.3. The van der Waals surface area contributed by atoms with Crippen LogP contribution in [0.15, 0.2) is 24.3 Å². The molecule has 5 amide bonds. The lowest BCUT2D eigenvalue weighted by atomic mass is 9.81. The second kappa shape index (κ2) is 14.5. The molecule has 14 heteroatoms. The first kappa shape index (κ1) is 33.8. The highest BCUT2D eigenvalue weighted by molar-refractivity contribution is 7.99. The molecule has 1 saturated carbocycles. The van der Waals surface area contributed by atoms with Crippen molar-refractivity contribution in [3.63, 3.8) is 0 Å². The first-order chi connectivity index (χ1) is 21.9. The van der Waals surface area contributed by atoms with Crippen molar-refractivity contribution in [1.29, 1.82) is 0 Å². The number of aromatic nitrogens is 1. The van der Waals surface area contributed by atoms with Crippen LogP contribution in [0.2, 0.25) is 5.02 Å². The van der Waals surface area contributed by atoms with E-state index >= 15 is 0 Å². The monoisotopic (exact) mass is 672 g/mol. The molecule has 3 heterocycles. The number of piperidine rings is 1. The predicted octanol–water partition coefficient (Wildman–Crippen LogP) is 2.98. The van der Waals surface area contributed by atoms with E-state index in [2.05, 4.69) is 20.3 Å². The molecule has 3 fully saturated rings. The van der Waals surface area contributed by atoms with E-state index in [4.69, 9.17) is 17.3 Å². The number of hydrogen-bond acceptors (Lipinski definition) is 7. The highest BCUT2D eigenvalue weighted by Crippen LogP contribution is 2.37. The molecule has 3 atom stereocenters. The number of likely N-dealkylation sites (tertiary alicyclic amines) is 1. The third-order valence-electron chi connectivity index (χ3n) is 9.64. The third-order valence-corrected chi connectivity index (χ3v) is 10.9. The van der Waals surface area contributed by atoms with Crippen LogP contribution in [0.4, 0.5) is 0 Å². The Morgan fingerprint density at radius 1 is 1.09 bits per heavy atom. The number of carbonyl (C=O) groups excluding carboxylic acids is 6. The van der Waals surface area contributed by atoms with Crippen molar-refractivity contribution < 1.29 is 28.8 Å². The molecule has 1 aromatic carbocycles. The average molecular weight is 673 g/mol. The Kier molecular flexibility index (Phi) is 10.6. The summed E-state index contributed by atoms with van der Waals surface area (Å²) in [5.41, 5.74) is 5.92. The third kappa shape index (κ3) is 8.03. The Labute approximate surface area is 276 Å². The van der Waals surface area contributed by atoms with Gasteiger partial charge in [-0.1, -0.05) is 43.7 Å². The molecule has 0 radical (unpaired) electrons. The molecule has 1 spiro atoms. The highest BCUT2D eigenvalue weighted by Gasteiger charge is 2.47. The summed E-state index contributed by atoms with van der Waals surface area (Å²) >= 11 is 7.05. The van der Waals surface area contributed by atoms with Crippen molar-refractivity contribution in [1.82, 2.24) is 25.2 Å². The minimum Gasteiger partial charge on any atom is -0.363 e. The fourth-order valence-electron chi connectivity index (χ4n) is 7.04. The molecule has 2 saturated heterocycles. The van der Waals surface area contributed by atoms with Gasteiger partial charge in [0.05, 0.1) is 6.04 Å². The summed E-state index contributed by atoms with van der Waals surface area (Å²) in [7, 11) is 0. The first-order valence-electron chi connectivity index (χ1n) is 15.9. The predicted molar refractivity (Wildman–Crippen MR) is 175 cm³/mol. The van der Waals surface area contributed by atoms with E-state index < -0.39 is 46.3 Å². The van der Waals surface area contributed by atoms with E-state index in [1.165, 1.54) is 6.92 Å². The summed E-state index contributed by atoms with van der Waals surface area (Å²) in [6.07, 6.45) is 7.12. The molecule has 0 bridgehead atoms. The van der Waals surface area contributed by atoms with Crippen LogP contribution < -0.4 is 21.1 Å². The Balaban J connectivity index is 1.27. The van der Waals surface area contributed by atoms with Gasteiger partial charge >= 0.3 is 0 Å². The van der Waals surface area contributed by atoms with Crippen molar-refractivity contribution in [2.24, 2.45) is 17.6 Å². The van der Waals surface area contributed by atoms with Gasteiger partial charge < -0.3 is 26.3 Å². The van der Waals surface area contributed by atoms with Crippen molar-refractivity contribution in [2.75, 3.05) is 13.1 Å². The molecule has 5 rings (SSSR count). The lowest BCUT2D eigenvalue weighted by molar-refractivity contribution is -0.139. The van der Waals surface area contributed by atoms with Crippen LogP contribution in [0.1, 0.15) is 81.6 Å². The largest absolute Gasteiger partial charge is 0.363 e. The van der Waals surface area contributed by atoms with Gasteiger partial charge in [-0.3, -0.25) is 33.5 Å². The van der Waals surface area contributed by atoms with Gasteiger partial charge in [-0.05, 0) is 74.2 Å². The number of H-pyrrole nitrogens is 1. The lowest BCUT2D eigenvalue weighted by Gasteiger charge is -2.39. The molecule has 1 aliphatic carbocycles. The molecule has 1 aromatic heterocycles. The van der Waals surface area contributed by atoms with Crippen molar-refractivity contribution >= 4 is 69.8 Å². The van der Waals surface area contributed by atoms with E-state index in [0.717, 1.165) is 55.0 Å². The Morgan fingerprint density at radius 3 is 2.48 bits per heavy atom. The van der Waals surface area contributed by atoms with E-state index in [1.54, 1.807) is 29.2 Å². The van der Waals surface area contributed by atoms with Gasteiger partial charge in [0.25, 0.3) is 11.8 Å². The van der Waals surface area contributed by atoms with E-state index in [-0.39, 0.29) is 24.2 Å². The number of amides is 5. The number of carbonyl (C=O) groups is 6. The molecule has 2 aliphatic heterocycles. The number of benzene rings is 1. The maximum absolute atomic E-state index is 13.8. The first-order valence-corrected chi connectivity index (χ1v) is 17.1. The zero-order valence-electron chi connectivity index (χ0n) is 25.9. The van der Waals surface area contributed by atoms with Crippen LogP contribution in [0.3, 0.4) is 0 Å². The zero-order valence-corrected chi connectivity index (χ0v) is 27.4. The minimum atomic E-state index is -1.29. The maximum atomic E-state index is 13.8. The topological polar surface area (TPSA) is 184 Å². The van der Waals surface area contributed by atoms with Crippen molar-refractivity contribution in [3.05, 3.63) is 35.0 Å². The average Bonchev–Trinajstić information content (AvgIpc) is 3.58. The standard InChI is InChI=1S/C32H41ClN6O6S/c1-18(40)39-11-9-32(10-12-39)17-21(29(43)37-32)16-24(27(41)28(34)42)36-31(45)26(13-19-5-3-2-4-6-19)46-38-30(44)25-15-20-14-22(33)7-8-23(20)35-25/h7-8,14-15,19,21,24,26,35H,2-6,9-13,16-17H2,1H3,(H2,34,42)(H,36,45)(H,37,43)(H,38,44)/t21?,24?,26-/m0/s1. The van der Waals surface area contributed by atoms with Crippen LogP contribution in [0.5, 0.6) is 0 Å². The number of Topliss-reactive ketones (excluding diaryl/α,β-unsaturated/α-hetero) is 1. The van der Waals surface area contributed by atoms with E-state index in [1.807, 2.05) is 0 Å². The molecule has 248 valence electrons. The van der Waals surface area contributed by atoms with Crippen LogP contribution in [-0.4, -0.2) is 75.1 Å². The summed E-state index contributed by atoms with van der Waals surface area (Å²) < 4.78 is 2.78. The summed E-state index contributed by atoms with van der Waals surface area (Å²) in [5, 5.41) is 6.35. The van der Waals surface area contributed by atoms with Crippen molar-refractivity contribution in [3.8, 4) is 0 Å². The van der Waals surface area contributed by atoms with Gasteiger partial charge in [0.1, 0.15) is 10.9 Å². The summed E-state index contributed by atoms with van der Waals surface area (Å²) in [4.78, 5) is 81.6. The number of rotatable bonds is 11. The van der Waals surface area contributed by atoms with Crippen LogP contribution in [0, 0.1) is 11.8 Å². The van der Waals surface area contributed by atoms with Gasteiger partial charge in [0.2, 0.25) is 23.5 Å². The normalized spacial score (nSPS) is 21.0. The zero-order chi connectivity index (χ0) is 33.0. The molecular formula is C32H41ClN6O6S.